The number of piperidine rings is 1. The van der Waals surface area contributed by atoms with Gasteiger partial charge in [0.2, 0.25) is 0 Å². The van der Waals surface area contributed by atoms with Gasteiger partial charge in [0.15, 0.2) is 5.96 Å². The lowest BCUT2D eigenvalue weighted by atomic mass is 9.90. The normalized spacial score (nSPS) is 20.5. The Balaban J connectivity index is 0.00000280. The summed E-state index contributed by atoms with van der Waals surface area (Å²) in [5.41, 5.74) is 1.47. The lowest BCUT2D eigenvalue weighted by Gasteiger charge is -2.37. The highest BCUT2D eigenvalue weighted by atomic mass is 127. The number of hydrogen-bond acceptors (Lipinski definition) is 3. The first-order valence-corrected chi connectivity index (χ1v) is 11.7. The predicted molar refractivity (Wildman–Crippen MR) is 132 cm³/mol. The molecule has 1 N–H and O–H groups in total. The molecular weight excluding hydrogens is 481 g/mol. The standard InChI is InChI=1S/C22H35N3OS.HI/c1-3-23-21(24-18-22(27-2)11-15-26-16-12-22)25-13-9-20(10-14-25)17-19-7-5-4-6-8-19;/h4-8,20H,3,9-18H2,1-2H3,(H,23,24);1H. The zero-order valence-electron chi connectivity index (χ0n) is 17.4. The van der Waals surface area contributed by atoms with E-state index in [1.54, 1.807) is 0 Å². The van der Waals surface area contributed by atoms with E-state index >= 15 is 0 Å². The van der Waals surface area contributed by atoms with Gasteiger partial charge in [-0.3, -0.25) is 4.99 Å². The van der Waals surface area contributed by atoms with Gasteiger partial charge >= 0.3 is 0 Å². The van der Waals surface area contributed by atoms with Crippen molar-refractivity contribution in [2.24, 2.45) is 10.9 Å². The molecule has 28 heavy (non-hydrogen) atoms. The molecule has 2 aliphatic rings. The summed E-state index contributed by atoms with van der Waals surface area (Å²) in [5.74, 6) is 1.90. The van der Waals surface area contributed by atoms with Crippen LogP contribution < -0.4 is 5.32 Å². The van der Waals surface area contributed by atoms with Gasteiger partial charge in [-0.05, 0) is 56.8 Å². The van der Waals surface area contributed by atoms with Crippen LogP contribution >= 0.6 is 35.7 Å². The van der Waals surface area contributed by atoms with Crippen molar-refractivity contribution in [1.82, 2.24) is 10.2 Å². The Hall–Kier alpha value is -0.470. The number of halogens is 1. The molecule has 2 heterocycles. The van der Waals surface area contributed by atoms with Crippen LogP contribution in [0.4, 0.5) is 0 Å². The van der Waals surface area contributed by atoms with Crippen LogP contribution in [0.5, 0.6) is 0 Å². The van der Waals surface area contributed by atoms with Gasteiger partial charge in [0.1, 0.15) is 0 Å². The Bertz CT molecular complexity index is 585. The minimum atomic E-state index is 0. The van der Waals surface area contributed by atoms with E-state index in [1.807, 2.05) is 11.8 Å². The van der Waals surface area contributed by atoms with Crippen LogP contribution in [0, 0.1) is 5.92 Å². The molecule has 0 unspecified atom stereocenters. The SMILES string of the molecule is CCNC(=NCC1(SC)CCOCC1)N1CCC(Cc2ccccc2)CC1.I. The fourth-order valence-electron chi connectivity index (χ4n) is 4.11. The zero-order valence-corrected chi connectivity index (χ0v) is 20.5. The molecule has 1 aromatic rings. The molecule has 1 aromatic carbocycles. The van der Waals surface area contributed by atoms with Gasteiger partial charge in [0.05, 0.1) is 6.54 Å². The van der Waals surface area contributed by atoms with Crippen LogP contribution in [0.2, 0.25) is 0 Å². The second kappa shape index (κ2) is 12.3. The summed E-state index contributed by atoms with van der Waals surface area (Å²) < 4.78 is 5.82. The van der Waals surface area contributed by atoms with E-state index in [0.717, 1.165) is 64.1 Å². The van der Waals surface area contributed by atoms with Gasteiger partial charge in [-0.1, -0.05) is 30.3 Å². The molecule has 0 aromatic heterocycles. The average molecular weight is 518 g/mol. The van der Waals surface area contributed by atoms with Crippen molar-refractivity contribution >= 4 is 41.7 Å². The molecule has 158 valence electrons. The van der Waals surface area contributed by atoms with E-state index in [0.29, 0.717) is 0 Å². The van der Waals surface area contributed by atoms with Gasteiger partial charge < -0.3 is 15.0 Å². The first-order chi connectivity index (χ1) is 13.2. The molecule has 0 bridgehead atoms. The fraction of sp³-hybridized carbons (Fsp3) is 0.682. The third kappa shape index (κ3) is 6.80. The quantitative estimate of drug-likeness (QED) is 0.344. The molecule has 0 atom stereocenters. The number of nitrogens with zero attached hydrogens (tertiary/aromatic N) is 2. The highest BCUT2D eigenvalue weighted by Gasteiger charge is 2.32. The zero-order chi connectivity index (χ0) is 19.0. The number of benzene rings is 1. The average Bonchev–Trinajstić information content (AvgIpc) is 2.73. The van der Waals surface area contributed by atoms with Gasteiger partial charge in [-0.15, -0.1) is 24.0 Å². The van der Waals surface area contributed by atoms with Crippen LogP contribution in [-0.4, -0.2) is 61.3 Å². The number of nitrogens with one attached hydrogen (secondary N) is 1. The number of rotatable bonds is 6. The van der Waals surface area contributed by atoms with Gasteiger partial charge in [0, 0.05) is 37.6 Å². The van der Waals surface area contributed by atoms with E-state index in [-0.39, 0.29) is 28.7 Å². The molecule has 0 aliphatic carbocycles. The summed E-state index contributed by atoms with van der Waals surface area (Å²) >= 11 is 1.97. The van der Waals surface area contributed by atoms with E-state index in [1.165, 1.54) is 24.8 Å². The largest absolute Gasteiger partial charge is 0.381 e. The molecule has 3 rings (SSSR count). The second-order valence-electron chi connectivity index (χ2n) is 7.79. The van der Waals surface area contributed by atoms with Crippen LogP contribution in [0.3, 0.4) is 0 Å². The first kappa shape index (κ1) is 23.8. The Morgan fingerprint density at radius 1 is 1.21 bits per heavy atom. The summed E-state index contributed by atoms with van der Waals surface area (Å²) in [5, 5.41) is 3.53. The monoisotopic (exact) mass is 517 g/mol. The third-order valence-electron chi connectivity index (χ3n) is 5.97. The van der Waals surface area contributed by atoms with E-state index in [4.69, 9.17) is 9.73 Å². The summed E-state index contributed by atoms with van der Waals surface area (Å²) in [7, 11) is 0. The number of hydrogen-bond donors (Lipinski definition) is 1. The van der Waals surface area contributed by atoms with Crippen molar-refractivity contribution in [3.05, 3.63) is 35.9 Å². The van der Waals surface area contributed by atoms with Crippen LogP contribution in [0.1, 0.15) is 38.2 Å². The maximum atomic E-state index is 5.57. The van der Waals surface area contributed by atoms with E-state index in [2.05, 4.69) is 53.7 Å². The Morgan fingerprint density at radius 2 is 1.89 bits per heavy atom. The Morgan fingerprint density at radius 3 is 2.50 bits per heavy atom. The van der Waals surface area contributed by atoms with Crippen molar-refractivity contribution < 1.29 is 4.74 Å². The maximum absolute atomic E-state index is 5.57. The lowest BCUT2D eigenvalue weighted by Crippen LogP contribution is -2.47. The smallest absolute Gasteiger partial charge is 0.193 e. The molecule has 2 fully saturated rings. The van der Waals surface area contributed by atoms with Crippen LogP contribution in [-0.2, 0) is 11.2 Å². The van der Waals surface area contributed by atoms with Crippen LogP contribution in [0.15, 0.2) is 35.3 Å². The number of ether oxygens (including phenoxy) is 1. The summed E-state index contributed by atoms with van der Waals surface area (Å²) in [6.45, 7) is 7.95. The van der Waals surface area contributed by atoms with Crippen LogP contribution in [0.25, 0.3) is 0 Å². The van der Waals surface area contributed by atoms with Crippen molar-refractivity contribution in [3.63, 3.8) is 0 Å². The number of likely N-dealkylation sites (tertiary alicyclic amines) is 1. The first-order valence-electron chi connectivity index (χ1n) is 10.4. The highest BCUT2D eigenvalue weighted by Crippen LogP contribution is 2.34. The molecule has 0 spiro atoms. The minimum absolute atomic E-state index is 0. The van der Waals surface area contributed by atoms with Gasteiger partial charge in [-0.25, -0.2) is 0 Å². The summed E-state index contributed by atoms with van der Waals surface area (Å²) in [6, 6.07) is 10.9. The topological polar surface area (TPSA) is 36.9 Å². The lowest BCUT2D eigenvalue weighted by molar-refractivity contribution is 0.0793. The number of aliphatic imine (C=N–C) groups is 1. The van der Waals surface area contributed by atoms with E-state index < -0.39 is 0 Å². The summed E-state index contributed by atoms with van der Waals surface area (Å²) in [6.07, 6.45) is 8.15. The molecule has 2 aliphatic heterocycles. The Labute approximate surface area is 192 Å². The van der Waals surface area contributed by atoms with E-state index in [9.17, 15) is 0 Å². The number of guanidine groups is 1. The van der Waals surface area contributed by atoms with Crippen molar-refractivity contribution in [1.29, 1.82) is 0 Å². The number of thioether (sulfide) groups is 1. The molecule has 0 saturated carbocycles. The predicted octanol–water partition coefficient (Wildman–Crippen LogP) is 4.44. The molecule has 4 nitrogen and oxygen atoms in total. The maximum Gasteiger partial charge on any atom is 0.193 e. The molecule has 0 radical (unpaired) electrons. The molecule has 0 amide bonds. The highest BCUT2D eigenvalue weighted by molar-refractivity contribution is 14.0. The molecule has 2 saturated heterocycles. The summed E-state index contributed by atoms with van der Waals surface area (Å²) in [4.78, 5) is 7.54. The minimum Gasteiger partial charge on any atom is -0.381 e. The Kier molecular flexibility index (Phi) is 10.4. The third-order valence-corrected chi connectivity index (χ3v) is 7.37. The van der Waals surface area contributed by atoms with Crippen molar-refractivity contribution in [2.45, 2.75) is 43.8 Å². The van der Waals surface area contributed by atoms with Gasteiger partial charge in [-0.2, -0.15) is 11.8 Å². The molecule has 6 heteroatoms. The van der Waals surface area contributed by atoms with Crippen molar-refractivity contribution in [3.8, 4) is 0 Å². The fourth-order valence-corrected chi connectivity index (χ4v) is 4.88. The molecular formula is C22H36IN3OS. The second-order valence-corrected chi connectivity index (χ2v) is 9.06. The van der Waals surface area contributed by atoms with Gasteiger partial charge in [0.25, 0.3) is 0 Å². The van der Waals surface area contributed by atoms with Crippen molar-refractivity contribution in [2.75, 3.05) is 45.6 Å².